The van der Waals surface area contributed by atoms with Gasteiger partial charge < -0.3 is 10.9 Å². The van der Waals surface area contributed by atoms with Crippen LogP contribution in [0.3, 0.4) is 0 Å². The topological polar surface area (TPSA) is 96.5 Å². The van der Waals surface area contributed by atoms with E-state index in [2.05, 4.69) is 10.9 Å². The van der Waals surface area contributed by atoms with Crippen molar-refractivity contribution < 1.29 is 4.92 Å². The summed E-state index contributed by atoms with van der Waals surface area (Å²) in [6, 6.07) is 5.00. The molecule has 0 atom stereocenters. The molecule has 98 valence electrons. The molecule has 1 fully saturated rings. The van der Waals surface area contributed by atoms with Gasteiger partial charge in [0.05, 0.1) is 4.92 Å². The average molecular weight is 251 g/mol. The molecule has 1 aliphatic rings. The van der Waals surface area contributed by atoms with Gasteiger partial charge in [-0.2, -0.15) is 0 Å². The lowest BCUT2D eigenvalue weighted by Crippen LogP contribution is -2.35. The first-order valence-electron chi connectivity index (χ1n) is 5.98. The van der Waals surface area contributed by atoms with E-state index in [1.54, 1.807) is 18.2 Å². The molecular weight excluding hydrogens is 234 g/mol. The minimum absolute atomic E-state index is 0.0226. The monoisotopic (exact) mass is 251 g/mol. The summed E-state index contributed by atoms with van der Waals surface area (Å²) in [5.74, 6) is 5.29. The van der Waals surface area contributed by atoms with Gasteiger partial charge in [0.25, 0.3) is 0 Å². The minimum Gasteiger partial charge on any atom is -0.318 e. The zero-order valence-corrected chi connectivity index (χ0v) is 10.1. The Morgan fingerprint density at radius 1 is 1.22 bits per heavy atom. The third-order valence-electron chi connectivity index (χ3n) is 3.01. The van der Waals surface area contributed by atoms with Crippen molar-refractivity contribution in [1.82, 2.24) is 5.01 Å². The molecule has 0 aliphatic carbocycles. The Bertz CT molecular complexity index is 431. The summed E-state index contributed by atoms with van der Waals surface area (Å²) in [4.78, 5) is 10.7. The largest absolute Gasteiger partial charge is 0.318 e. The Hall–Kier alpha value is -1.86. The van der Waals surface area contributed by atoms with Crippen LogP contribution < -0.4 is 16.7 Å². The number of anilines is 2. The molecule has 7 nitrogen and oxygen atoms in total. The molecule has 0 aromatic heterocycles. The second kappa shape index (κ2) is 5.65. The fourth-order valence-electron chi connectivity index (χ4n) is 2.12. The molecule has 0 bridgehead atoms. The summed E-state index contributed by atoms with van der Waals surface area (Å²) in [7, 11) is 0. The first-order chi connectivity index (χ1) is 8.72. The number of nitrogens with zero attached hydrogens (tertiary/aromatic N) is 2. The molecule has 0 spiro atoms. The van der Waals surface area contributed by atoms with Crippen molar-refractivity contribution in [3.05, 3.63) is 28.3 Å². The van der Waals surface area contributed by atoms with Crippen molar-refractivity contribution in [2.24, 2.45) is 5.84 Å². The van der Waals surface area contributed by atoms with Gasteiger partial charge in [-0.05, 0) is 25.0 Å². The summed E-state index contributed by atoms with van der Waals surface area (Å²) < 4.78 is 0. The van der Waals surface area contributed by atoms with Crippen molar-refractivity contribution >= 4 is 17.1 Å². The second-order valence-electron chi connectivity index (χ2n) is 4.26. The van der Waals surface area contributed by atoms with Crippen molar-refractivity contribution in [3.63, 3.8) is 0 Å². The number of nitrogens with one attached hydrogen (secondary N) is 2. The maximum Gasteiger partial charge on any atom is 0.317 e. The Labute approximate surface area is 105 Å². The van der Waals surface area contributed by atoms with E-state index in [4.69, 9.17) is 5.84 Å². The zero-order chi connectivity index (χ0) is 13.0. The van der Waals surface area contributed by atoms with Crippen LogP contribution in [-0.4, -0.2) is 23.0 Å². The van der Waals surface area contributed by atoms with Crippen molar-refractivity contribution in [1.29, 1.82) is 0 Å². The summed E-state index contributed by atoms with van der Waals surface area (Å²) in [6.07, 6.45) is 3.43. The van der Waals surface area contributed by atoms with Gasteiger partial charge in [-0.15, -0.1) is 0 Å². The molecular formula is C11H17N5O2. The van der Waals surface area contributed by atoms with E-state index in [0.717, 1.165) is 25.9 Å². The summed E-state index contributed by atoms with van der Waals surface area (Å²) in [5.41, 5.74) is 6.21. The molecule has 0 saturated carbocycles. The van der Waals surface area contributed by atoms with Crippen LogP contribution in [0.1, 0.15) is 19.3 Å². The van der Waals surface area contributed by atoms with E-state index >= 15 is 0 Å². The molecule has 1 heterocycles. The summed E-state index contributed by atoms with van der Waals surface area (Å²) in [6.45, 7) is 1.80. The average Bonchev–Trinajstić information content (AvgIpc) is 2.39. The van der Waals surface area contributed by atoms with Gasteiger partial charge >= 0.3 is 5.69 Å². The number of hydrogen-bond donors (Lipinski definition) is 3. The van der Waals surface area contributed by atoms with Gasteiger partial charge in [-0.3, -0.25) is 16.0 Å². The Morgan fingerprint density at radius 2 is 1.89 bits per heavy atom. The maximum absolute atomic E-state index is 11.1. The third-order valence-corrected chi connectivity index (χ3v) is 3.01. The van der Waals surface area contributed by atoms with Crippen LogP contribution in [0.2, 0.25) is 0 Å². The number of benzene rings is 1. The van der Waals surface area contributed by atoms with Gasteiger partial charge in [0.15, 0.2) is 0 Å². The molecule has 7 heteroatoms. The van der Waals surface area contributed by atoms with Gasteiger partial charge in [0, 0.05) is 13.1 Å². The third kappa shape index (κ3) is 2.69. The van der Waals surface area contributed by atoms with Gasteiger partial charge in [0.1, 0.15) is 11.4 Å². The summed E-state index contributed by atoms with van der Waals surface area (Å²) in [5, 5.41) is 13.1. The molecule has 2 rings (SSSR count). The smallest absolute Gasteiger partial charge is 0.317 e. The number of nitro groups is 1. The first-order valence-corrected chi connectivity index (χ1v) is 5.98. The lowest BCUT2D eigenvalue weighted by atomic mass is 10.2. The number of piperidine rings is 1. The predicted molar refractivity (Wildman–Crippen MR) is 70.0 cm³/mol. The van der Waals surface area contributed by atoms with Crippen LogP contribution in [-0.2, 0) is 0 Å². The van der Waals surface area contributed by atoms with Crippen molar-refractivity contribution in [2.75, 3.05) is 23.9 Å². The molecule has 1 saturated heterocycles. The Balaban J connectivity index is 2.23. The normalized spacial score (nSPS) is 16.3. The lowest BCUT2D eigenvalue weighted by molar-refractivity contribution is -0.383. The van der Waals surface area contributed by atoms with Gasteiger partial charge in [-0.1, -0.05) is 12.5 Å². The zero-order valence-electron chi connectivity index (χ0n) is 10.1. The first kappa shape index (κ1) is 12.6. The van der Waals surface area contributed by atoms with Crippen LogP contribution >= 0.6 is 0 Å². The molecule has 0 amide bonds. The SMILES string of the molecule is NNc1cccc(NN2CCCCC2)c1[N+](=O)[O-]. The Morgan fingerprint density at radius 3 is 2.50 bits per heavy atom. The lowest BCUT2D eigenvalue weighted by Gasteiger charge is -2.27. The number of nitro benzene ring substituents is 1. The number of hydrazine groups is 2. The number of nitrogen functional groups attached to an aromatic ring is 1. The summed E-state index contributed by atoms with van der Waals surface area (Å²) >= 11 is 0. The van der Waals surface area contributed by atoms with Crippen molar-refractivity contribution in [3.8, 4) is 0 Å². The fraction of sp³-hybridized carbons (Fsp3) is 0.455. The van der Waals surface area contributed by atoms with E-state index in [0.29, 0.717) is 11.4 Å². The highest BCUT2D eigenvalue weighted by atomic mass is 16.6. The van der Waals surface area contributed by atoms with Crippen LogP contribution in [0.15, 0.2) is 18.2 Å². The van der Waals surface area contributed by atoms with E-state index < -0.39 is 4.92 Å². The highest BCUT2D eigenvalue weighted by Gasteiger charge is 2.21. The van der Waals surface area contributed by atoms with Crippen LogP contribution in [0, 0.1) is 10.1 Å². The highest BCUT2D eigenvalue weighted by molar-refractivity contribution is 5.75. The van der Waals surface area contributed by atoms with Gasteiger partial charge in [-0.25, -0.2) is 5.01 Å². The minimum atomic E-state index is -0.429. The molecule has 0 unspecified atom stereocenters. The number of nitrogens with two attached hydrogens (primary N) is 1. The molecule has 1 aromatic carbocycles. The number of para-hydroxylation sites is 1. The van der Waals surface area contributed by atoms with E-state index in [1.807, 2.05) is 5.01 Å². The quantitative estimate of drug-likeness (QED) is 0.428. The van der Waals surface area contributed by atoms with Crippen LogP contribution in [0.25, 0.3) is 0 Å². The van der Waals surface area contributed by atoms with Crippen LogP contribution in [0.5, 0.6) is 0 Å². The maximum atomic E-state index is 11.1. The van der Waals surface area contributed by atoms with E-state index in [1.165, 1.54) is 6.42 Å². The standard InChI is InChI=1S/C11H17N5O2/c12-13-9-5-4-6-10(11(9)16(17)18)14-15-7-2-1-3-8-15/h4-6,13-14H,1-3,7-8,12H2. The van der Waals surface area contributed by atoms with E-state index in [-0.39, 0.29) is 5.69 Å². The van der Waals surface area contributed by atoms with Crippen molar-refractivity contribution in [2.45, 2.75) is 19.3 Å². The van der Waals surface area contributed by atoms with Crippen LogP contribution in [0.4, 0.5) is 17.1 Å². The molecule has 4 N–H and O–H groups in total. The number of rotatable bonds is 4. The number of hydrogen-bond acceptors (Lipinski definition) is 6. The molecule has 1 aromatic rings. The second-order valence-corrected chi connectivity index (χ2v) is 4.26. The van der Waals surface area contributed by atoms with Gasteiger partial charge in [0.2, 0.25) is 0 Å². The molecule has 0 radical (unpaired) electrons. The predicted octanol–water partition coefficient (Wildman–Crippen LogP) is 1.69. The molecule has 18 heavy (non-hydrogen) atoms. The fourth-order valence-corrected chi connectivity index (χ4v) is 2.12. The molecule has 1 aliphatic heterocycles. The van der Waals surface area contributed by atoms with E-state index in [9.17, 15) is 10.1 Å². The Kier molecular flexibility index (Phi) is 3.96. The highest BCUT2D eigenvalue weighted by Crippen LogP contribution is 2.32.